The maximum atomic E-state index is 13.4. The summed E-state index contributed by atoms with van der Waals surface area (Å²) < 4.78 is 3.54. The van der Waals surface area contributed by atoms with Crippen LogP contribution in [0.3, 0.4) is 0 Å². The number of fused-ring (bicyclic) bond motifs is 3. The van der Waals surface area contributed by atoms with E-state index in [1.165, 1.54) is 10.4 Å². The van der Waals surface area contributed by atoms with Crippen LogP contribution in [0.4, 0.5) is 5.69 Å². The standard InChI is InChI=1S/C27H24BN5O/c28-27(31-17-15-30(16-18-31)20-9-3-1-4-10-20)32-19-23-25(22-13-7-8-14-24(22)32)29-33(26(23)34)21-11-5-2-6-12-21/h1-14,19,28H,15-18H2. The van der Waals surface area contributed by atoms with Gasteiger partial charge in [0.05, 0.1) is 0 Å². The first-order valence-electron chi connectivity index (χ1n) is 11.5. The zero-order chi connectivity index (χ0) is 23.1. The second kappa shape index (κ2) is 8.34. The Morgan fingerprint density at radius 3 is 2.09 bits per heavy atom. The zero-order valence-electron chi connectivity index (χ0n) is 18.8. The summed E-state index contributed by atoms with van der Waals surface area (Å²) in [5.74, 6) is 0. The average Bonchev–Trinajstić information content (AvgIpc) is 3.25. The summed E-state index contributed by atoms with van der Waals surface area (Å²) >= 11 is 0. The molecule has 0 radical (unpaired) electrons. The van der Waals surface area contributed by atoms with Crippen LogP contribution in [0.25, 0.3) is 27.8 Å². The van der Waals surface area contributed by atoms with Crippen LogP contribution in [0.5, 0.6) is 0 Å². The average molecular weight is 445 g/mol. The molecule has 3 aromatic rings. The molecule has 0 saturated carbocycles. The first-order valence-corrected chi connectivity index (χ1v) is 11.5. The Morgan fingerprint density at radius 2 is 1.38 bits per heavy atom. The molecule has 0 atom stereocenters. The molecule has 3 aromatic carbocycles. The first-order chi connectivity index (χ1) is 16.7. The van der Waals surface area contributed by atoms with E-state index >= 15 is 0 Å². The summed E-state index contributed by atoms with van der Waals surface area (Å²) in [5.41, 5.74) is 5.05. The van der Waals surface area contributed by atoms with Gasteiger partial charge < -0.3 is 0 Å². The van der Waals surface area contributed by atoms with Gasteiger partial charge in [0.1, 0.15) is 0 Å². The van der Waals surface area contributed by atoms with Gasteiger partial charge in [0.15, 0.2) is 0 Å². The number of benzene rings is 3. The van der Waals surface area contributed by atoms with Gasteiger partial charge in [-0.2, -0.15) is 0 Å². The van der Waals surface area contributed by atoms with Crippen molar-refractivity contribution in [2.75, 3.05) is 31.1 Å². The summed E-state index contributed by atoms with van der Waals surface area (Å²) in [6.07, 6.45) is 1.90. The molecule has 6 nitrogen and oxygen atoms in total. The van der Waals surface area contributed by atoms with Crippen molar-refractivity contribution in [3.05, 3.63) is 101 Å². The zero-order valence-corrected chi connectivity index (χ0v) is 18.8. The van der Waals surface area contributed by atoms with Crippen LogP contribution in [0.2, 0.25) is 0 Å². The molecule has 0 amide bonds. The molecule has 0 N–H and O–H groups in total. The van der Waals surface area contributed by atoms with E-state index in [1.54, 1.807) is 0 Å². The van der Waals surface area contributed by atoms with Crippen molar-refractivity contribution in [2.45, 2.75) is 0 Å². The number of nitrogens with zero attached hydrogens (tertiary/aromatic N) is 5. The summed E-state index contributed by atoms with van der Waals surface area (Å²) in [5, 5.41) is 5.65. The Bertz CT molecular complexity index is 1500. The molecule has 0 bridgehead atoms. The summed E-state index contributed by atoms with van der Waals surface area (Å²) in [6.45, 7) is 3.56. The maximum absolute atomic E-state index is 13.4. The van der Waals surface area contributed by atoms with Gasteiger partial charge >= 0.3 is 199 Å². The molecule has 3 heterocycles. The van der Waals surface area contributed by atoms with E-state index in [9.17, 15) is 4.79 Å². The monoisotopic (exact) mass is 445 g/mol. The molecule has 7 heteroatoms. The van der Waals surface area contributed by atoms with E-state index in [0.29, 0.717) is 11.3 Å². The number of para-hydroxylation sites is 3. The van der Waals surface area contributed by atoms with E-state index in [2.05, 4.69) is 47.6 Å². The number of piperazine rings is 1. The molecule has 1 fully saturated rings. The van der Waals surface area contributed by atoms with Crippen LogP contribution < -0.4 is 10.5 Å². The quantitative estimate of drug-likeness (QED) is 0.399. The molecule has 0 unspecified atom stereocenters. The molecule has 166 valence electrons. The summed E-state index contributed by atoms with van der Waals surface area (Å²) in [6, 6.07) is 28.1. The fourth-order valence-corrected chi connectivity index (χ4v) is 4.78. The van der Waals surface area contributed by atoms with Crippen LogP contribution in [0.15, 0.2) is 95.9 Å². The number of hydrogen-bond acceptors (Lipinski definition) is 4. The van der Waals surface area contributed by atoms with Gasteiger partial charge in [0.25, 0.3) is 0 Å². The van der Waals surface area contributed by atoms with Gasteiger partial charge in [0.2, 0.25) is 0 Å². The van der Waals surface area contributed by atoms with Crippen LogP contribution in [-0.2, 0) is 0 Å². The predicted molar refractivity (Wildman–Crippen MR) is 140 cm³/mol. The van der Waals surface area contributed by atoms with Gasteiger partial charge in [-0.3, -0.25) is 0 Å². The van der Waals surface area contributed by atoms with Crippen molar-refractivity contribution in [1.82, 2.24) is 19.2 Å². The molecule has 34 heavy (non-hydrogen) atoms. The Morgan fingerprint density at radius 1 is 0.765 bits per heavy atom. The number of pyridine rings is 1. The molecule has 0 aromatic heterocycles. The normalized spacial score (nSPS) is 14.1. The van der Waals surface area contributed by atoms with Gasteiger partial charge in [0, 0.05) is 0 Å². The molecular weight excluding hydrogens is 421 g/mol. The van der Waals surface area contributed by atoms with Crippen molar-refractivity contribution >= 4 is 29.8 Å². The van der Waals surface area contributed by atoms with E-state index in [0.717, 1.165) is 48.5 Å². The molecular formula is C27H24BN5O. The Kier molecular flexibility index (Phi) is 5.02. The second-order valence-electron chi connectivity index (χ2n) is 8.56. The Balaban J connectivity index is 1.39. The van der Waals surface area contributed by atoms with Gasteiger partial charge in [-0.1, -0.05) is 0 Å². The molecule has 1 saturated heterocycles. The second-order valence-corrected chi connectivity index (χ2v) is 8.56. The van der Waals surface area contributed by atoms with Crippen LogP contribution in [0.1, 0.15) is 0 Å². The van der Waals surface area contributed by atoms with Crippen LogP contribution in [0, 0.1) is 0 Å². The van der Waals surface area contributed by atoms with Gasteiger partial charge in [-0.15, -0.1) is 0 Å². The SMILES string of the molecule is B=C(N1CCN(c2ccccc2)CC1)n1cc2c(=O)n(-c3ccccc3)nc-2c2ccccc21. The topological polar surface area (TPSA) is 46.3 Å². The molecule has 0 aliphatic carbocycles. The molecule has 6 rings (SSSR count). The van der Waals surface area contributed by atoms with Gasteiger partial charge in [-0.25, -0.2) is 0 Å². The third-order valence-electron chi connectivity index (χ3n) is 6.60. The Labute approximate surface area is 198 Å². The first kappa shape index (κ1) is 20.5. The number of hydrogen-bond donors (Lipinski definition) is 0. The fourth-order valence-electron chi connectivity index (χ4n) is 4.78. The molecule has 0 spiro atoms. The van der Waals surface area contributed by atoms with E-state index in [-0.39, 0.29) is 5.56 Å². The van der Waals surface area contributed by atoms with Crippen LogP contribution >= 0.6 is 0 Å². The third-order valence-corrected chi connectivity index (χ3v) is 6.60. The fraction of sp³-hybridized carbons (Fsp3) is 0.148. The summed E-state index contributed by atoms with van der Waals surface area (Å²) in [4.78, 5) is 18.1. The molecule has 3 aliphatic rings. The predicted octanol–water partition coefficient (Wildman–Crippen LogP) is 2.95. The number of rotatable bonds is 4. The van der Waals surface area contributed by atoms with E-state index < -0.39 is 0 Å². The van der Waals surface area contributed by atoms with Crippen molar-refractivity contribution in [1.29, 1.82) is 0 Å². The Hall–Kier alpha value is -4.13. The van der Waals surface area contributed by atoms with Crippen molar-refractivity contribution < 1.29 is 0 Å². The minimum absolute atomic E-state index is 0.123. The third kappa shape index (κ3) is 3.41. The van der Waals surface area contributed by atoms with E-state index in [1.807, 2.05) is 65.4 Å². The summed E-state index contributed by atoms with van der Waals surface area (Å²) in [7, 11) is 4.44. The van der Waals surface area contributed by atoms with Crippen molar-refractivity contribution in [2.24, 2.45) is 0 Å². The number of anilines is 1. The van der Waals surface area contributed by atoms with Crippen molar-refractivity contribution in [3.63, 3.8) is 0 Å². The van der Waals surface area contributed by atoms with Gasteiger partial charge in [-0.05, 0) is 0 Å². The number of aromatic nitrogens is 3. The minimum atomic E-state index is -0.123. The van der Waals surface area contributed by atoms with Crippen molar-refractivity contribution in [3.8, 4) is 16.9 Å². The van der Waals surface area contributed by atoms with E-state index in [4.69, 9.17) is 5.10 Å². The molecule has 3 aliphatic heterocycles. The van der Waals surface area contributed by atoms with Crippen LogP contribution in [-0.4, -0.2) is 58.6 Å².